The fourth-order valence-electron chi connectivity index (χ4n) is 8.06. The third-order valence-electron chi connectivity index (χ3n) is 10.5. The zero-order valence-corrected chi connectivity index (χ0v) is 25.8. The molecule has 0 bridgehead atoms. The predicted molar refractivity (Wildman–Crippen MR) is 158 cm³/mol. The van der Waals surface area contributed by atoms with Crippen molar-refractivity contribution in [2.24, 2.45) is 23.2 Å². The average Bonchev–Trinajstić information content (AvgIpc) is 3.29. The van der Waals surface area contributed by atoms with Gasteiger partial charge in [-0.05, 0) is 100 Å². The minimum absolute atomic E-state index is 0.0248. The summed E-state index contributed by atoms with van der Waals surface area (Å²) in [6, 6.07) is 0. The lowest BCUT2D eigenvalue weighted by molar-refractivity contribution is -0.303. The molecule has 4 aliphatic rings. The molecule has 4 rings (SSSR count). The number of ketones is 1. The molecule has 0 aromatic heterocycles. The number of carboxylic acid groups (broad SMARTS) is 1. The molecule has 0 aromatic carbocycles. The summed E-state index contributed by atoms with van der Waals surface area (Å²) in [7, 11) is 0. The van der Waals surface area contributed by atoms with Crippen molar-refractivity contribution in [3.05, 3.63) is 35.5 Å². The normalized spacial score (nSPS) is 40.3. The molecule has 2 unspecified atom stereocenters. The van der Waals surface area contributed by atoms with Crippen LogP contribution in [0.4, 0.5) is 0 Å². The predicted octanol–water partition coefficient (Wildman–Crippen LogP) is 2.80. The maximum Gasteiger partial charge on any atom is 0.335 e. The van der Waals surface area contributed by atoms with E-state index in [0.29, 0.717) is 12.3 Å². The Hall–Kier alpha value is -1.92. The molecule has 0 spiro atoms. The molecular formula is C33H50O10. The molecule has 0 aromatic rings. The fraction of sp³-hybridized carbons (Fsp3) is 0.758. The van der Waals surface area contributed by atoms with Crippen molar-refractivity contribution >= 4 is 11.8 Å². The Morgan fingerprint density at radius 3 is 2.44 bits per heavy atom. The molecule has 10 nitrogen and oxygen atoms in total. The van der Waals surface area contributed by atoms with Gasteiger partial charge in [0.25, 0.3) is 0 Å². The van der Waals surface area contributed by atoms with Crippen LogP contribution in [0.15, 0.2) is 35.5 Å². The van der Waals surface area contributed by atoms with Crippen LogP contribution in [-0.2, 0) is 19.1 Å². The summed E-state index contributed by atoms with van der Waals surface area (Å²) in [5, 5.41) is 61.0. The van der Waals surface area contributed by atoms with Gasteiger partial charge in [0.1, 0.15) is 30.0 Å². The molecule has 10 heteroatoms. The molecule has 11 atom stereocenters. The second-order valence-corrected chi connectivity index (χ2v) is 14.0. The number of allylic oxidation sites excluding steroid dienone is 4. The van der Waals surface area contributed by atoms with E-state index in [2.05, 4.69) is 32.6 Å². The highest BCUT2D eigenvalue weighted by atomic mass is 16.7. The van der Waals surface area contributed by atoms with E-state index in [1.807, 2.05) is 0 Å². The first-order chi connectivity index (χ1) is 20.0. The molecule has 6 N–H and O–H groups in total. The molecule has 43 heavy (non-hydrogen) atoms. The van der Waals surface area contributed by atoms with Gasteiger partial charge in [0.15, 0.2) is 18.2 Å². The van der Waals surface area contributed by atoms with E-state index in [0.717, 1.165) is 56.1 Å². The van der Waals surface area contributed by atoms with Crippen molar-refractivity contribution in [2.45, 2.75) is 134 Å². The maximum atomic E-state index is 13.4. The Bertz CT molecular complexity index is 1120. The van der Waals surface area contributed by atoms with Gasteiger partial charge >= 0.3 is 5.97 Å². The number of fused-ring (bicyclic) bond motifs is 1. The zero-order chi connectivity index (χ0) is 31.9. The summed E-state index contributed by atoms with van der Waals surface area (Å²) in [6.45, 7) is 11.2. The van der Waals surface area contributed by atoms with Crippen LogP contribution in [-0.4, -0.2) is 90.9 Å². The SMILES string of the molecule is C=C1CC[C@H](O)C/C1=C/C=C1\CCC[C@@]2(C)C1CC[C@@H]2C(C)C[C@H](O[C@H]1O[C@@H](C(=O)O)[C@H](O)[C@@H](O)[C@@H]1O)C(=O)C(C)(C)O. The summed E-state index contributed by atoms with van der Waals surface area (Å²) >= 11 is 0. The average molecular weight is 607 g/mol. The minimum atomic E-state index is -1.88. The molecule has 3 saturated carbocycles. The van der Waals surface area contributed by atoms with Crippen molar-refractivity contribution in [3.63, 3.8) is 0 Å². The first kappa shape index (κ1) is 34.0. The summed E-state index contributed by atoms with van der Waals surface area (Å²) in [6.07, 6.45) is 1.13. The molecule has 0 amide bonds. The van der Waals surface area contributed by atoms with Crippen LogP contribution >= 0.6 is 0 Å². The van der Waals surface area contributed by atoms with Gasteiger partial charge in [0, 0.05) is 0 Å². The number of hydrogen-bond donors (Lipinski definition) is 6. The molecule has 1 saturated heterocycles. The largest absolute Gasteiger partial charge is 0.479 e. The van der Waals surface area contributed by atoms with Crippen LogP contribution in [0.2, 0.25) is 0 Å². The topological polar surface area (TPSA) is 174 Å². The molecule has 0 radical (unpaired) electrons. The number of carbonyl (C=O) groups excluding carboxylic acids is 1. The minimum Gasteiger partial charge on any atom is -0.479 e. The van der Waals surface area contributed by atoms with Crippen molar-refractivity contribution in [2.75, 3.05) is 0 Å². The third kappa shape index (κ3) is 7.16. The van der Waals surface area contributed by atoms with Gasteiger partial charge in [-0.25, -0.2) is 4.79 Å². The third-order valence-corrected chi connectivity index (χ3v) is 10.5. The Morgan fingerprint density at radius 1 is 1.09 bits per heavy atom. The van der Waals surface area contributed by atoms with Crippen molar-refractivity contribution in [3.8, 4) is 0 Å². The number of aliphatic hydroxyl groups is 5. The van der Waals surface area contributed by atoms with E-state index >= 15 is 0 Å². The number of aliphatic hydroxyl groups excluding tert-OH is 4. The zero-order valence-electron chi connectivity index (χ0n) is 25.8. The fourth-order valence-corrected chi connectivity index (χ4v) is 8.06. The van der Waals surface area contributed by atoms with Gasteiger partial charge in [0.05, 0.1) is 6.10 Å². The second kappa shape index (κ2) is 13.2. The lowest BCUT2D eigenvalue weighted by atomic mass is 9.60. The highest BCUT2D eigenvalue weighted by Gasteiger charge is 2.53. The lowest BCUT2D eigenvalue weighted by Gasteiger charge is -2.45. The van der Waals surface area contributed by atoms with Gasteiger partial charge in [0.2, 0.25) is 0 Å². The van der Waals surface area contributed by atoms with E-state index in [9.17, 15) is 40.2 Å². The van der Waals surface area contributed by atoms with Crippen LogP contribution in [0.25, 0.3) is 0 Å². The number of rotatable bonds is 9. The summed E-state index contributed by atoms with van der Waals surface area (Å²) in [5.41, 5.74) is 1.80. The van der Waals surface area contributed by atoms with E-state index < -0.39 is 54.2 Å². The Kier molecular flexibility index (Phi) is 10.4. The standard InChI is InChI=1S/C33H50O10/c1-17-8-11-21(34)16-20(17)10-9-19-7-6-14-33(5)22(12-13-23(19)33)18(2)15-24(29(38)32(3,4)41)42-31-27(37)25(35)26(36)28(43-31)30(39)40/h9-10,18,21-28,31,34-37,41H,1,6-8,11-16H2,2-5H3,(H,39,40)/b19-9+,20-10-/t18?,21-,22+,23?,24-,25+,26+,27-,28+,31-,33+/m0/s1. The number of Topliss-reactive ketones (excluding diaryl/α,β-unsaturated/α-hetero) is 1. The van der Waals surface area contributed by atoms with E-state index in [1.54, 1.807) is 0 Å². The van der Waals surface area contributed by atoms with Gasteiger partial charge in [-0.2, -0.15) is 0 Å². The van der Waals surface area contributed by atoms with Gasteiger partial charge in [-0.1, -0.05) is 43.7 Å². The molecule has 1 heterocycles. The molecule has 3 aliphatic carbocycles. The number of carboxylic acids is 1. The van der Waals surface area contributed by atoms with Gasteiger partial charge < -0.3 is 40.1 Å². The molecule has 242 valence electrons. The number of carbonyl (C=O) groups is 2. The summed E-state index contributed by atoms with van der Waals surface area (Å²) in [5.74, 6) is -1.63. The molecule has 4 fully saturated rings. The summed E-state index contributed by atoms with van der Waals surface area (Å²) in [4.78, 5) is 25.0. The number of aliphatic carboxylic acids is 1. The van der Waals surface area contributed by atoms with Crippen LogP contribution in [0.3, 0.4) is 0 Å². The first-order valence-corrected chi connectivity index (χ1v) is 15.6. The Labute approximate surface area is 254 Å². The van der Waals surface area contributed by atoms with Crippen LogP contribution in [0, 0.1) is 23.2 Å². The highest BCUT2D eigenvalue weighted by molar-refractivity contribution is 5.90. The summed E-state index contributed by atoms with van der Waals surface area (Å²) < 4.78 is 11.2. The second-order valence-electron chi connectivity index (χ2n) is 14.0. The quantitative estimate of drug-likeness (QED) is 0.229. The van der Waals surface area contributed by atoms with E-state index in [-0.39, 0.29) is 29.8 Å². The van der Waals surface area contributed by atoms with Gasteiger partial charge in [-0.15, -0.1) is 0 Å². The Morgan fingerprint density at radius 2 is 1.79 bits per heavy atom. The van der Waals surface area contributed by atoms with Crippen LogP contribution in [0.1, 0.15) is 85.5 Å². The van der Waals surface area contributed by atoms with E-state index in [1.165, 1.54) is 19.4 Å². The Balaban J connectivity index is 1.53. The van der Waals surface area contributed by atoms with Crippen molar-refractivity contribution < 1.29 is 49.7 Å². The first-order valence-electron chi connectivity index (χ1n) is 15.6. The maximum absolute atomic E-state index is 13.4. The van der Waals surface area contributed by atoms with Gasteiger partial charge in [-0.3, -0.25) is 4.79 Å². The number of ether oxygens (including phenoxy) is 2. The highest BCUT2D eigenvalue weighted by Crippen LogP contribution is 2.60. The van der Waals surface area contributed by atoms with Crippen LogP contribution in [0.5, 0.6) is 0 Å². The molecular weight excluding hydrogens is 556 g/mol. The van der Waals surface area contributed by atoms with Crippen molar-refractivity contribution in [1.29, 1.82) is 0 Å². The number of hydrogen-bond acceptors (Lipinski definition) is 9. The van der Waals surface area contributed by atoms with Crippen molar-refractivity contribution in [1.82, 2.24) is 0 Å². The molecule has 1 aliphatic heterocycles. The lowest BCUT2D eigenvalue weighted by Crippen LogP contribution is -2.61. The monoisotopic (exact) mass is 606 g/mol. The van der Waals surface area contributed by atoms with E-state index in [4.69, 9.17) is 9.47 Å². The smallest absolute Gasteiger partial charge is 0.335 e. The van der Waals surface area contributed by atoms with Crippen LogP contribution < -0.4 is 0 Å².